The summed E-state index contributed by atoms with van der Waals surface area (Å²) < 4.78 is 19.9. The van der Waals surface area contributed by atoms with Crippen LogP contribution in [-0.2, 0) is 6.54 Å². The van der Waals surface area contributed by atoms with Crippen molar-refractivity contribution in [2.24, 2.45) is 0 Å². The van der Waals surface area contributed by atoms with Gasteiger partial charge in [0.2, 0.25) is 5.16 Å². The van der Waals surface area contributed by atoms with Gasteiger partial charge in [0.25, 0.3) is 0 Å². The van der Waals surface area contributed by atoms with Gasteiger partial charge in [-0.05, 0) is 40.3 Å². The van der Waals surface area contributed by atoms with E-state index in [1.807, 2.05) is 30.3 Å². The van der Waals surface area contributed by atoms with E-state index < -0.39 is 6.10 Å². The lowest BCUT2D eigenvalue weighted by Crippen LogP contribution is -2.20. The van der Waals surface area contributed by atoms with Crippen molar-refractivity contribution < 1.29 is 14.2 Å². The Balaban J connectivity index is 1.48. The summed E-state index contributed by atoms with van der Waals surface area (Å²) >= 11 is 1.36. The van der Waals surface area contributed by atoms with E-state index in [4.69, 9.17) is 4.74 Å². The largest absolute Gasteiger partial charge is 0.491 e. The SMILES string of the molecule is OC(COc1ccc(F)cc1)CSc1nnnn1Cc1ccccc1. The Morgan fingerprint density at radius 2 is 1.88 bits per heavy atom. The van der Waals surface area contributed by atoms with Crippen LogP contribution in [0.2, 0.25) is 0 Å². The molecular formula is C17H17FN4O2S. The minimum absolute atomic E-state index is 0.110. The molecule has 0 bridgehead atoms. The molecule has 130 valence electrons. The summed E-state index contributed by atoms with van der Waals surface area (Å²) in [5.74, 6) is 0.573. The second-order valence-corrected chi connectivity index (χ2v) is 6.32. The monoisotopic (exact) mass is 360 g/mol. The van der Waals surface area contributed by atoms with Gasteiger partial charge in [-0.3, -0.25) is 0 Å². The van der Waals surface area contributed by atoms with Crippen LogP contribution in [0.25, 0.3) is 0 Å². The van der Waals surface area contributed by atoms with Crippen molar-refractivity contribution in [3.8, 4) is 5.75 Å². The third kappa shape index (κ3) is 5.27. The number of rotatable bonds is 8. The van der Waals surface area contributed by atoms with Crippen molar-refractivity contribution in [3.63, 3.8) is 0 Å². The fraction of sp³-hybridized carbons (Fsp3) is 0.235. The van der Waals surface area contributed by atoms with Crippen molar-refractivity contribution in [1.29, 1.82) is 0 Å². The van der Waals surface area contributed by atoms with Gasteiger partial charge in [-0.25, -0.2) is 9.07 Å². The third-order valence-corrected chi connectivity index (χ3v) is 4.44. The maximum Gasteiger partial charge on any atom is 0.209 e. The number of nitrogens with zero attached hydrogens (tertiary/aromatic N) is 4. The van der Waals surface area contributed by atoms with Gasteiger partial charge in [-0.15, -0.1) is 5.10 Å². The zero-order valence-electron chi connectivity index (χ0n) is 13.3. The number of thioether (sulfide) groups is 1. The summed E-state index contributed by atoms with van der Waals surface area (Å²) in [5.41, 5.74) is 1.09. The molecule has 0 aliphatic carbocycles. The van der Waals surface area contributed by atoms with Crippen molar-refractivity contribution in [2.45, 2.75) is 17.8 Å². The molecule has 0 saturated heterocycles. The lowest BCUT2D eigenvalue weighted by Gasteiger charge is -2.12. The van der Waals surface area contributed by atoms with Crippen LogP contribution in [0.1, 0.15) is 5.56 Å². The highest BCUT2D eigenvalue weighted by Gasteiger charge is 2.12. The summed E-state index contributed by atoms with van der Waals surface area (Å²) in [6.07, 6.45) is -0.697. The Morgan fingerprint density at radius 1 is 1.12 bits per heavy atom. The molecule has 0 fully saturated rings. The highest BCUT2D eigenvalue weighted by atomic mass is 32.2. The van der Waals surface area contributed by atoms with Crippen LogP contribution in [-0.4, -0.2) is 43.8 Å². The van der Waals surface area contributed by atoms with Gasteiger partial charge in [0.05, 0.1) is 12.6 Å². The van der Waals surface area contributed by atoms with Gasteiger partial charge in [0.15, 0.2) is 0 Å². The molecule has 0 spiro atoms. The molecule has 3 aromatic rings. The van der Waals surface area contributed by atoms with Crippen LogP contribution in [0.15, 0.2) is 59.8 Å². The van der Waals surface area contributed by atoms with E-state index in [9.17, 15) is 9.50 Å². The number of halogens is 1. The van der Waals surface area contributed by atoms with E-state index in [0.717, 1.165) is 5.56 Å². The van der Waals surface area contributed by atoms with Crippen LogP contribution in [0.4, 0.5) is 4.39 Å². The Labute approximate surface area is 148 Å². The number of hydrogen-bond acceptors (Lipinski definition) is 6. The summed E-state index contributed by atoms with van der Waals surface area (Å²) in [6, 6.07) is 15.6. The maximum absolute atomic E-state index is 12.8. The highest BCUT2D eigenvalue weighted by Crippen LogP contribution is 2.17. The molecule has 25 heavy (non-hydrogen) atoms. The molecule has 1 unspecified atom stereocenters. The summed E-state index contributed by atoms with van der Waals surface area (Å²) in [7, 11) is 0. The van der Waals surface area contributed by atoms with Gasteiger partial charge in [0, 0.05) is 5.75 Å². The van der Waals surface area contributed by atoms with Crippen LogP contribution >= 0.6 is 11.8 Å². The molecule has 8 heteroatoms. The highest BCUT2D eigenvalue weighted by molar-refractivity contribution is 7.99. The number of aliphatic hydroxyl groups excluding tert-OH is 1. The fourth-order valence-electron chi connectivity index (χ4n) is 2.10. The number of aromatic nitrogens is 4. The first-order valence-electron chi connectivity index (χ1n) is 7.70. The molecular weight excluding hydrogens is 343 g/mol. The second kappa shape index (κ2) is 8.59. The summed E-state index contributed by atoms with van der Waals surface area (Å²) in [6.45, 7) is 0.678. The molecule has 1 heterocycles. The molecule has 1 aromatic heterocycles. The van der Waals surface area contributed by atoms with Crippen LogP contribution in [0.5, 0.6) is 5.75 Å². The predicted octanol–water partition coefficient (Wildman–Crippen LogP) is 2.39. The van der Waals surface area contributed by atoms with E-state index in [1.54, 1.807) is 4.68 Å². The lowest BCUT2D eigenvalue weighted by atomic mass is 10.2. The molecule has 0 saturated carbocycles. The molecule has 1 atom stereocenters. The second-order valence-electron chi connectivity index (χ2n) is 5.33. The minimum atomic E-state index is -0.697. The first-order valence-corrected chi connectivity index (χ1v) is 8.68. The average molecular weight is 360 g/mol. The van der Waals surface area contributed by atoms with Gasteiger partial charge >= 0.3 is 0 Å². The third-order valence-electron chi connectivity index (χ3n) is 3.34. The molecule has 3 rings (SSSR count). The molecule has 6 nitrogen and oxygen atoms in total. The van der Waals surface area contributed by atoms with Gasteiger partial charge < -0.3 is 9.84 Å². The van der Waals surface area contributed by atoms with Crippen molar-refractivity contribution in [3.05, 3.63) is 66.0 Å². The van der Waals surface area contributed by atoms with Crippen LogP contribution in [0, 0.1) is 5.82 Å². The Hall–Kier alpha value is -2.45. The fourth-order valence-corrected chi connectivity index (χ4v) is 2.88. The van der Waals surface area contributed by atoms with E-state index in [0.29, 0.717) is 23.2 Å². The van der Waals surface area contributed by atoms with E-state index >= 15 is 0 Å². The first kappa shape index (κ1) is 17.4. The van der Waals surface area contributed by atoms with Crippen molar-refractivity contribution >= 4 is 11.8 Å². The van der Waals surface area contributed by atoms with Gasteiger partial charge in [-0.1, -0.05) is 42.1 Å². The number of aliphatic hydroxyl groups is 1. The number of hydrogen-bond donors (Lipinski definition) is 1. The Morgan fingerprint density at radius 3 is 2.64 bits per heavy atom. The van der Waals surface area contributed by atoms with Crippen molar-refractivity contribution in [1.82, 2.24) is 20.2 Å². The van der Waals surface area contributed by atoms with E-state index in [1.165, 1.54) is 36.0 Å². The molecule has 0 aliphatic rings. The smallest absolute Gasteiger partial charge is 0.209 e. The topological polar surface area (TPSA) is 73.1 Å². The maximum atomic E-state index is 12.8. The zero-order chi connectivity index (χ0) is 17.5. The Bertz CT molecular complexity index is 783. The quantitative estimate of drug-likeness (QED) is 0.622. The number of benzene rings is 2. The predicted molar refractivity (Wildman–Crippen MR) is 92.0 cm³/mol. The molecule has 0 radical (unpaired) electrons. The van der Waals surface area contributed by atoms with Crippen LogP contribution in [0.3, 0.4) is 0 Å². The number of ether oxygens (including phenoxy) is 1. The van der Waals surface area contributed by atoms with Crippen LogP contribution < -0.4 is 4.74 Å². The normalized spacial score (nSPS) is 12.1. The Kier molecular flexibility index (Phi) is 5.97. The standard InChI is InChI=1S/C17H17FN4O2S/c18-14-6-8-16(9-7-14)24-11-15(23)12-25-17-19-20-21-22(17)10-13-4-2-1-3-5-13/h1-9,15,23H,10-12H2. The zero-order valence-corrected chi connectivity index (χ0v) is 14.1. The minimum Gasteiger partial charge on any atom is -0.491 e. The summed E-state index contributed by atoms with van der Waals surface area (Å²) in [5, 5.41) is 22.3. The van der Waals surface area contributed by atoms with E-state index in [2.05, 4.69) is 15.5 Å². The summed E-state index contributed by atoms with van der Waals surface area (Å²) in [4.78, 5) is 0. The average Bonchev–Trinajstić information content (AvgIpc) is 3.07. The molecule has 2 aromatic carbocycles. The molecule has 0 amide bonds. The first-order chi connectivity index (χ1) is 12.2. The number of tetrazole rings is 1. The van der Waals surface area contributed by atoms with Gasteiger partial charge in [-0.2, -0.15) is 0 Å². The lowest BCUT2D eigenvalue weighted by molar-refractivity contribution is 0.126. The van der Waals surface area contributed by atoms with Crippen molar-refractivity contribution in [2.75, 3.05) is 12.4 Å². The van der Waals surface area contributed by atoms with E-state index in [-0.39, 0.29) is 12.4 Å². The molecule has 1 N–H and O–H groups in total. The molecule has 0 aliphatic heterocycles. The van der Waals surface area contributed by atoms with Gasteiger partial charge in [0.1, 0.15) is 18.2 Å².